The monoisotopic (exact) mass is 374 g/mol. The molecule has 1 heterocycles. The summed E-state index contributed by atoms with van der Waals surface area (Å²) in [6.45, 7) is 4.08. The van der Waals surface area contributed by atoms with Crippen LogP contribution >= 0.6 is 24.0 Å². The molecule has 0 fully saturated rings. The van der Waals surface area contributed by atoms with Gasteiger partial charge < -0.3 is 15.5 Å². The first-order chi connectivity index (χ1) is 8.65. The van der Waals surface area contributed by atoms with Crippen LogP contribution in [0.2, 0.25) is 0 Å². The van der Waals surface area contributed by atoms with E-state index in [1.54, 1.807) is 0 Å². The molecule has 2 rings (SSSR count). The SMILES string of the molecule is CC(=O)Nc1ccc(CNC2=NCCN2C)cc1.I. The molecule has 1 aliphatic heterocycles. The molecule has 0 bridgehead atoms. The molecule has 5 nitrogen and oxygen atoms in total. The van der Waals surface area contributed by atoms with Crippen molar-refractivity contribution in [3.05, 3.63) is 29.8 Å². The lowest BCUT2D eigenvalue weighted by molar-refractivity contribution is -0.114. The van der Waals surface area contributed by atoms with Crippen molar-refractivity contribution in [3.63, 3.8) is 0 Å². The molecule has 1 aromatic carbocycles. The Kier molecular flexibility index (Phi) is 6.07. The number of nitrogens with zero attached hydrogens (tertiary/aromatic N) is 2. The Balaban J connectivity index is 0.00000180. The van der Waals surface area contributed by atoms with Crippen molar-refractivity contribution < 1.29 is 4.79 Å². The highest BCUT2D eigenvalue weighted by molar-refractivity contribution is 14.0. The molecule has 0 radical (unpaired) electrons. The summed E-state index contributed by atoms with van der Waals surface area (Å²) in [5.74, 6) is 0.892. The van der Waals surface area contributed by atoms with Crippen LogP contribution in [0.1, 0.15) is 12.5 Å². The maximum atomic E-state index is 10.9. The third-order valence-corrected chi connectivity index (χ3v) is 2.78. The van der Waals surface area contributed by atoms with Gasteiger partial charge in [-0.05, 0) is 17.7 Å². The van der Waals surface area contributed by atoms with Crippen molar-refractivity contribution in [2.24, 2.45) is 4.99 Å². The van der Waals surface area contributed by atoms with E-state index in [1.807, 2.05) is 31.3 Å². The predicted octanol–water partition coefficient (Wildman–Crippen LogP) is 1.65. The Morgan fingerprint density at radius 3 is 2.58 bits per heavy atom. The Labute approximate surface area is 130 Å². The minimum atomic E-state index is -0.0530. The Bertz CT molecular complexity index is 458. The maximum Gasteiger partial charge on any atom is 0.221 e. The summed E-state index contributed by atoms with van der Waals surface area (Å²) in [4.78, 5) is 17.4. The lowest BCUT2D eigenvalue weighted by Crippen LogP contribution is -2.35. The van der Waals surface area contributed by atoms with E-state index in [0.29, 0.717) is 0 Å². The summed E-state index contributed by atoms with van der Waals surface area (Å²) in [5, 5.41) is 6.04. The van der Waals surface area contributed by atoms with E-state index in [1.165, 1.54) is 6.92 Å². The highest BCUT2D eigenvalue weighted by atomic mass is 127. The third kappa shape index (κ3) is 4.70. The van der Waals surface area contributed by atoms with Gasteiger partial charge in [-0.1, -0.05) is 12.1 Å². The largest absolute Gasteiger partial charge is 0.352 e. The van der Waals surface area contributed by atoms with Gasteiger partial charge in [0.1, 0.15) is 0 Å². The predicted molar refractivity (Wildman–Crippen MR) is 87.9 cm³/mol. The van der Waals surface area contributed by atoms with E-state index in [9.17, 15) is 4.79 Å². The molecular weight excluding hydrogens is 355 g/mol. The minimum absolute atomic E-state index is 0. The molecule has 104 valence electrons. The zero-order valence-corrected chi connectivity index (χ0v) is 13.5. The van der Waals surface area contributed by atoms with Crippen LogP contribution in [0.25, 0.3) is 0 Å². The van der Waals surface area contributed by atoms with Crippen molar-refractivity contribution in [3.8, 4) is 0 Å². The van der Waals surface area contributed by atoms with Gasteiger partial charge >= 0.3 is 0 Å². The Morgan fingerprint density at radius 1 is 1.37 bits per heavy atom. The summed E-state index contributed by atoms with van der Waals surface area (Å²) in [5.41, 5.74) is 1.98. The number of benzene rings is 1. The second-order valence-corrected chi connectivity index (χ2v) is 4.36. The normalized spacial score (nSPS) is 13.6. The van der Waals surface area contributed by atoms with Crippen LogP contribution in [0.15, 0.2) is 29.3 Å². The molecule has 0 spiro atoms. The molecule has 0 atom stereocenters. The fourth-order valence-electron chi connectivity index (χ4n) is 1.81. The summed E-state index contributed by atoms with van der Waals surface area (Å²) in [7, 11) is 2.03. The number of hydrogen-bond donors (Lipinski definition) is 2. The number of rotatable bonds is 3. The molecule has 0 aliphatic carbocycles. The van der Waals surface area contributed by atoms with Gasteiger partial charge in [-0.2, -0.15) is 0 Å². The minimum Gasteiger partial charge on any atom is -0.352 e. The molecular formula is C13H19IN4O. The van der Waals surface area contributed by atoms with Crippen LogP contribution in [0, 0.1) is 0 Å². The van der Waals surface area contributed by atoms with Gasteiger partial charge in [-0.25, -0.2) is 0 Å². The van der Waals surface area contributed by atoms with E-state index in [0.717, 1.165) is 36.8 Å². The van der Waals surface area contributed by atoms with Gasteiger partial charge in [0.05, 0.1) is 6.54 Å². The summed E-state index contributed by atoms with van der Waals surface area (Å²) in [6.07, 6.45) is 0. The second kappa shape index (κ2) is 7.32. The van der Waals surface area contributed by atoms with Crippen LogP contribution in [0.3, 0.4) is 0 Å². The van der Waals surface area contributed by atoms with E-state index < -0.39 is 0 Å². The summed E-state index contributed by atoms with van der Waals surface area (Å²) >= 11 is 0. The highest BCUT2D eigenvalue weighted by Crippen LogP contribution is 2.09. The zero-order valence-electron chi connectivity index (χ0n) is 11.1. The Hall–Kier alpha value is -1.31. The van der Waals surface area contributed by atoms with Gasteiger partial charge in [0.25, 0.3) is 0 Å². The number of amides is 1. The number of halogens is 1. The number of hydrogen-bond acceptors (Lipinski definition) is 4. The van der Waals surface area contributed by atoms with E-state index in [4.69, 9.17) is 0 Å². The van der Waals surface area contributed by atoms with Crippen molar-refractivity contribution >= 4 is 41.5 Å². The fourth-order valence-corrected chi connectivity index (χ4v) is 1.81. The highest BCUT2D eigenvalue weighted by Gasteiger charge is 2.10. The van der Waals surface area contributed by atoms with Crippen LogP contribution in [-0.2, 0) is 11.3 Å². The first kappa shape index (κ1) is 15.7. The molecule has 6 heteroatoms. The first-order valence-electron chi connectivity index (χ1n) is 6.01. The molecule has 2 N–H and O–H groups in total. The maximum absolute atomic E-state index is 10.9. The fraction of sp³-hybridized carbons (Fsp3) is 0.385. The number of nitrogens with one attached hydrogen (secondary N) is 2. The number of carbonyl (C=O) groups excluding carboxylic acids is 1. The standard InChI is InChI=1S/C13H18N4O.HI/c1-10(18)16-12-5-3-11(4-6-12)9-15-13-14-7-8-17(13)2;/h3-6H,7-9H2,1-2H3,(H,14,15)(H,16,18);1H. The Morgan fingerprint density at radius 2 is 2.05 bits per heavy atom. The number of carbonyl (C=O) groups is 1. The zero-order chi connectivity index (χ0) is 13.0. The van der Waals surface area contributed by atoms with Gasteiger partial charge in [0.2, 0.25) is 5.91 Å². The lowest BCUT2D eigenvalue weighted by atomic mass is 10.2. The quantitative estimate of drug-likeness (QED) is 0.792. The second-order valence-electron chi connectivity index (χ2n) is 4.36. The van der Waals surface area contributed by atoms with Crippen LogP contribution in [0.5, 0.6) is 0 Å². The summed E-state index contributed by atoms with van der Waals surface area (Å²) in [6, 6.07) is 7.79. The molecule has 1 amide bonds. The van der Waals surface area contributed by atoms with Crippen molar-refractivity contribution in [2.75, 3.05) is 25.5 Å². The van der Waals surface area contributed by atoms with Crippen molar-refractivity contribution in [1.82, 2.24) is 10.2 Å². The third-order valence-electron chi connectivity index (χ3n) is 2.78. The van der Waals surface area contributed by atoms with Crippen LogP contribution in [-0.4, -0.2) is 36.9 Å². The van der Waals surface area contributed by atoms with Crippen molar-refractivity contribution in [1.29, 1.82) is 0 Å². The molecule has 1 aliphatic rings. The number of guanidine groups is 1. The lowest BCUT2D eigenvalue weighted by Gasteiger charge is -2.15. The molecule has 19 heavy (non-hydrogen) atoms. The average molecular weight is 374 g/mol. The average Bonchev–Trinajstić information content (AvgIpc) is 2.73. The van der Waals surface area contributed by atoms with Gasteiger partial charge in [0, 0.05) is 32.7 Å². The number of likely N-dealkylation sites (N-methyl/N-ethyl adjacent to an activating group) is 1. The number of anilines is 1. The van der Waals surface area contributed by atoms with Gasteiger partial charge in [-0.3, -0.25) is 9.79 Å². The van der Waals surface area contributed by atoms with E-state index in [2.05, 4.69) is 20.5 Å². The molecule has 0 unspecified atom stereocenters. The first-order valence-corrected chi connectivity index (χ1v) is 6.01. The van der Waals surface area contributed by atoms with Crippen LogP contribution in [0.4, 0.5) is 5.69 Å². The smallest absolute Gasteiger partial charge is 0.221 e. The molecule has 0 aromatic heterocycles. The summed E-state index contributed by atoms with van der Waals surface area (Å²) < 4.78 is 0. The van der Waals surface area contributed by atoms with Gasteiger partial charge in [0.15, 0.2) is 5.96 Å². The molecule has 0 saturated carbocycles. The van der Waals surface area contributed by atoms with Crippen molar-refractivity contribution in [2.45, 2.75) is 13.5 Å². The van der Waals surface area contributed by atoms with E-state index >= 15 is 0 Å². The van der Waals surface area contributed by atoms with Gasteiger partial charge in [-0.15, -0.1) is 24.0 Å². The van der Waals surface area contributed by atoms with Crippen LogP contribution < -0.4 is 10.6 Å². The molecule has 0 saturated heterocycles. The number of aliphatic imine (C=N–C) groups is 1. The topological polar surface area (TPSA) is 56.7 Å². The van der Waals surface area contributed by atoms with E-state index in [-0.39, 0.29) is 29.9 Å². The molecule has 1 aromatic rings.